The number of nitro benzene ring substituents is 1. The first-order chi connectivity index (χ1) is 11.5. The lowest BCUT2D eigenvalue weighted by atomic mass is 9.94. The second kappa shape index (κ2) is 10.4. The van der Waals surface area contributed by atoms with Gasteiger partial charge in [-0.15, -0.1) is 0 Å². The lowest BCUT2D eigenvalue weighted by molar-refractivity contribution is -0.385. The van der Waals surface area contributed by atoms with Crippen LogP contribution in [0.4, 0.5) is 5.69 Å². The molecule has 0 saturated heterocycles. The molecular formula is C16H24NO6P. The van der Waals surface area contributed by atoms with Crippen molar-refractivity contribution in [2.75, 3.05) is 19.8 Å². The van der Waals surface area contributed by atoms with Gasteiger partial charge in [0, 0.05) is 17.5 Å². The van der Waals surface area contributed by atoms with E-state index in [0.717, 1.165) is 0 Å². The standard InChI is InChI=1S/C16H24NO6P/c1-4-14(15-11-7-8-12-16(15)17(18)19)10-9-13-23-24(20,21-5-2)22-6-3/h7-12,14H,4-6,13H2,1-3H3/b10-9+/t14-/m1/s1. The van der Waals surface area contributed by atoms with Gasteiger partial charge in [0.05, 0.1) is 24.7 Å². The van der Waals surface area contributed by atoms with Gasteiger partial charge in [-0.2, -0.15) is 0 Å². The van der Waals surface area contributed by atoms with E-state index in [1.165, 1.54) is 6.07 Å². The molecule has 0 spiro atoms. The minimum absolute atomic E-state index is 0.0361. The highest BCUT2D eigenvalue weighted by atomic mass is 31.2. The number of allylic oxidation sites excluding steroid dienone is 1. The van der Waals surface area contributed by atoms with Crippen LogP contribution in [0.3, 0.4) is 0 Å². The zero-order valence-electron chi connectivity index (χ0n) is 14.2. The molecule has 1 rings (SSSR count). The molecule has 0 aliphatic heterocycles. The van der Waals surface area contributed by atoms with Crippen molar-refractivity contribution in [1.82, 2.24) is 0 Å². The number of hydrogen-bond acceptors (Lipinski definition) is 6. The fraction of sp³-hybridized carbons (Fsp3) is 0.500. The predicted octanol–water partition coefficient (Wildman–Crippen LogP) is 4.84. The van der Waals surface area contributed by atoms with Crippen molar-refractivity contribution in [3.8, 4) is 0 Å². The average Bonchev–Trinajstić information content (AvgIpc) is 2.55. The quantitative estimate of drug-likeness (QED) is 0.244. The minimum Gasteiger partial charge on any atom is -0.287 e. The van der Waals surface area contributed by atoms with E-state index in [1.54, 1.807) is 38.1 Å². The molecule has 0 N–H and O–H groups in total. The Labute approximate surface area is 142 Å². The smallest absolute Gasteiger partial charge is 0.287 e. The van der Waals surface area contributed by atoms with Gasteiger partial charge in [-0.25, -0.2) is 4.57 Å². The van der Waals surface area contributed by atoms with Crippen LogP contribution >= 0.6 is 7.82 Å². The van der Waals surface area contributed by atoms with Gasteiger partial charge in [-0.1, -0.05) is 37.3 Å². The molecule has 1 aromatic carbocycles. The van der Waals surface area contributed by atoms with Crippen molar-refractivity contribution in [3.05, 3.63) is 52.1 Å². The molecule has 7 nitrogen and oxygen atoms in total. The summed E-state index contributed by atoms with van der Waals surface area (Å²) in [6.45, 7) is 5.81. The van der Waals surface area contributed by atoms with Gasteiger partial charge in [-0.3, -0.25) is 23.7 Å². The molecule has 0 heterocycles. The van der Waals surface area contributed by atoms with Crippen molar-refractivity contribution >= 4 is 13.5 Å². The Kier molecular flexibility index (Phi) is 8.85. The summed E-state index contributed by atoms with van der Waals surface area (Å²) in [6, 6.07) is 6.64. The molecule has 0 aromatic heterocycles. The van der Waals surface area contributed by atoms with Crippen LogP contribution < -0.4 is 0 Å². The third-order valence-electron chi connectivity index (χ3n) is 3.24. The summed E-state index contributed by atoms with van der Waals surface area (Å²) in [4.78, 5) is 10.7. The Balaban J connectivity index is 2.77. The number of hydrogen-bond donors (Lipinski definition) is 0. The number of rotatable bonds is 11. The van der Waals surface area contributed by atoms with E-state index in [1.807, 2.05) is 13.0 Å². The van der Waals surface area contributed by atoms with E-state index in [9.17, 15) is 14.7 Å². The number of nitrogens with zero attached hydrogens (tertiary/aromatic N) is 1. The first-order valence-corrected chi connectivity index (χ1v) is 9.37. The van der Waals surface area contributed by atoms with Gasteiger partial charge in [0.1, 0.15) is 0 Å². The fourth-order valence-electron chi connectivity index (χ4n) is 2.21. The second-order valence-corrected chi connectivity index (χ2v) is 6.51. The highest BCUT2D eigenvalue weighted by Gasteiger charge is 2.24. The van der Waals surface area contributed by atoms with E-state index >= 15 is 0 Å². The molecule has 0 saturated carbocycles. The molecule has 0 radical (unpaired) electrons. The largest absolute Gasteiger partial charge is 0.475 e. The van der Waals surface area contributed by atoms with Crippen molar-refractivity contribution in [1.29, 1.82) is 0 Å². The summed E-state index contributed by atoms with van der Waals surface area (Å²) >= 11 is 0. The molecule has 0 aliphatic rings. The number of phosphoric ester groups is 1. The lowest BCUT2D eigenvalue weighted by Gasteiger charge is -2.15. The van der Waals surface area contributed by atoms with Crippen molar-refractivity contribution in [2.24, 2.45) is 0 Å². The Morgan fingerprint density at radius 2 is 1.79 bits per heavy atom. The van der Waals surface area contributed by atoms with Gasteiger partial charge < -0.3 is 0 Å². The topological polar surface area (TPSA) is 87.9 Å². The molecule has 0 bridgehead atoms. The van der Waals surface area contributed by atoms with Crippen LogP contribution in [0.15, 0.2) is 36.4 Å². The number of para-hydroxylation sites is 1. The third kappa shape index (κ3) is 6.17. The minimum atomic E-state index is -3.54. The summed E-state index contributed by atoms with van der Waals surface area (Å²) in [5.74, 6) is -0.131. The normalized spacial score (nSPS) is 13.3. The van der Waals surface area contributed by atoms with Gasteiger partial charge in [0.15, 0.2) is 0 Å². The van der Waals surface area contributed by atoms with Crippen LogP contribution in [0.1, 0.15) is 38.7 Å². The zero-order chi connectivity index (χ0) is 18.0. The van der Waals surface area contributed by atoms with E-state index in [2.05, 4.69) is 0 Å². The first kappa shape index (κ1) is 20.5. The summed E-state index contributed by atoms with van der Waals surface area (Å²) < 4.78 is 27.4. The molecule has 8 heteroatoms. The van der Waals surface area contributed by atoms with Crippen LogP contribution in [0.5, 0.6) is 0 Å². The summed E-state index contributed by atoms with van der Waals surface area (Å²) in [5, 5.41) is 11.1. The Morgan fingerprint density at radius 1 is 1.17 bits per heavy atom. The van der Waals surface area contributed by atoms with Crippen molar-refractivity contribution < 1.29 is 23.1 Å². The SMILES string of the molecule is CCOP(=O)(OCC)OC/C=C/[C@@H](CC)c1ccccc1[N+](=O)[O-]. The Morgan fingerprint density at radius 3 is 2.33 bits per heavy atom. The predicted molar refractivity (Wildman–Crippen MR) is 92.1 cm³/mol. The highest BCUT2D eigenvalue weighted by molar-refractivity contribution is 7.48. The lowest BCUT2D eigenvalue weighted by Crippen LogP contribution is -2.02. The molecule has 24 heavy (non-hydrogen) atoms. The Bertz CT molecular complexity index is 594. The van der Waals surface area contributed by atoms with Crippen molar-refractivity contribution in [3.63, 3.8) is 0 Å². The summed E-state index contributed by atoms with van der Waals surface area (Å²) in [7, 11) is -3.54. The monoisotopic (exact) mass is 357 g/mol. The summed E-state index contributed by atoms with van der Waals surface area (Å²) in [5.41, 5.74) is 0.725. The molecule has 0 aliphatic carbocycles. The molecule has 0 unspecified atom stereocenters. The third-order valence-corrected chi connectivity index (χ3v) is 4.86. The highest BCUT2D eigenvalue weighted by Crippen LogP contribution is 2.49. The molecule has 134 valence electrons. The van der Waals surface area contributed by atoms with E-state index in [0.29, 0.717) is 12.0 Å². The second-order valence-electron chi connectivity index (χ2n) is 4.84. The fourth-order valence-corrected chi connectivity index (χ4v) is 3.33. The van der Waals surface area contributed by atoms with Gasteiger partial charge in [0.2, 0.25) is 0 Å². The maximum Gasteiger partial charge on any atom is 0.475 e. The molecule has 0 fully saturated rings. The molecular weight excluding hydrogens is 333 g/mol. The van der Waals surface area contributed by atoms with Crippen LogP contribution in [0.2, 0.25) is 0 Å². The summed E-state index contributed by atoms with van der Waals surface area (Å²) in [6.07, 6.45) is 4.18. The van der Waals surface area contributed by atoms with Crippen LogP contribution in [0, 0.1) is 10.1 Å². The number of nitro groups is 1. The zero-order valence-corrected chi connectivity index (χ0v) is 15.1. The van der Waals surface area contributed by atoms with E-state index in [-0.39, 0.29) is 36.3 Å². The van der Waals surface area contributed by atoms with Gasteiger partial charge >= 0.3 is 7.82 Å². The first-order valence-electron chi connectivity index (χ1n) is 7.91. The maximum atomic E-state index is 12.2. The molecule has 1 atom stereocenters. The van der Waals surface area contributed by atoms with Crippen LogP contribution in [-0.4, -0.2) is 24.7 Å². The van der Waals surface area contributed by atoms with E-state index < -0.39 is 7.82 Å². The number of phosphoric acid groups is 1. The van der Waals surface area contributed by atoms with E-state index in [4.69, 9.17) is 13.6 Å². The molecule has 0 amide bonds. The number of benzene rings is 1. The van der Waals surface area contributed by atoms with Crippen LogP contribution in [-0.2, 0) is 18.1 Å². The van der Waals surface area contributed by atoms with Crippen LogP contribution in [0.25, 0.3) is 0 Å². The Hall–Kier alpha value is -1.53. The average molecular weight is 357 g/mol. The molecule has 1 aromatic rings. The van der Waals surface area contributed by atoms with Crippen molar-refractivity contribution in [2.45, 2.75) is 33.1 Å². The van der Waals surface area contributed by atoms with Gasteiger partial charge in [0.25, 0.3) is 5.69 Å². The van der Waals surface area contributed by atoms with Gasteiger partial charge in [-0.05, 0) is 20.3 Å². The maximum absolute atomic E-state index is 12.2.